The summed E-state index contributed by atoms with van der Waals surface area (Å²) in [6, 6.07) is 4.08. The third-order valence-corrected chi connectivity index (χ3v) is 7.12. The lowest BCUT2D eigenvalue weighted by Gasteiger charge is -2.22. The minimum absolute atomic E-state index is 0.0172. The molecule has 1 N–H and O–H groups in total. The number of aryl methyl sites for hydroxylation is 2. The number of pyridine rings is 1. The van der Waals surface area contributed by atoms with Crippen LogP contribution < -0.4 is 5.56 Å². The van der Waals surface area contributed by atoms with Gasteiger partial charge in [0.15, 0.2) is 6.29 Å². The fourth-order valence-electron chi connectivity index (χ4n) is 5.16. The molecule has 1 aliphatic rings. The topological polar surface area (TPSA) is 56.2 Å². The van der Waals surface area contributed by atoms with Crippen LogP contribution in [-0.4, -0.2) is 29.1 Å². The molecule has 0 bridgehead atoms. The first-order valence-corrected chi connectivity index (χ1v) is 12.7. The summed E-state index contributed by atoms with van der Waals surface area (Å²) < 4.78 is 54.8. The number of nitrogens with one attached hydrogen (secondary N) is 1. The Kier molecular flexibility index (Phi) is 8.22. The van der Waals surface area contributed by atoms with Crippen molar-refractivity contribution >= 4 is 21.8 Å². The summed E-state index contributed by atoms with van der Waals surface area (Å²) in [6.07, 6.45) is 5.16. The minimum Gasteiger partial charge on any atom is -0.353 e. The third kappa shape index (κ3) is 5.92. The maximum absolute atomic E-state index is 13.8. The number of hydrogen-bond donors (Lipinski definition) is 1. The number of unbranched alkanes of at least 4 members (excludes halogenated alkanes) is 5. The van der Waals surface area contributed by atoms with Gasteiger partial charge in [0, 0.05) is 53.3 Å². The Bertz CT molecular complexity index is 1210. The number of ether oxygens (including phenoxy) is 2. The molecule has 0 saturated carbocycles. The Morgan fingerprint density at radius 3 is 2.51 bits per heavy atom. The van der Waals surface area contributed by atoms with Crippen LogP contribution >= 0.6 is 0 Å². The van der Waals surface area contributed by atoms with Gasteiger partial charge < -0.3 is 19.0 Å². The molecule has 1 saturated heterocycles. The van der Waals surface area contributed by atoms with E-state index in [9.17, 15) is 18.0 Å². The molecular formula is C27H35F3N2O3. The molecule has 0 aliphatic carbocycles. The lowest BCUT2D eigenvalue weighted by atomic mass is 10.0. The van der Waals surface area contributed by atoms with Crippen molar-refractivity contribution < 1.29 is 22.6 Å². The molecule has 4 rings (SSSR count). The lowest BCUT2D eigenvalue weighted by molar-refractivity contribution is -0.162. The van der Waals surface area contributed by atoms with Crippen molar-refractivity contribution in [1.29, 1.82) is 0 Å². The molecule has 35 heavy (non-hydrogen) atoms. The zero-order chi connectivity index (χ0) is 25.0. The number of halogens is 3. The summed E-state index contributed by atoms with van der Waals surface area (Å²) >= 11 is 0. The van der Waals surface area contributed by atoms with Crippen LogP contribution in [0, 0.1) is 13.8 Å². The fourth-order valence-corrected chi connectivity index (χ4v) is 5.16. The second-order valence-electron chi connectivity index (χ2n) is 9.58. The number of alkyl halides is 3. The molecular weight excluding hydrogens is 457 g/mol. The Morgan fingerprint density at radius 1 is 1.06 bits per heavy atom. The highest BCUT2D eigenvalue weighted by Crippen LogP contribution is 2.39. The average Bonchev–Trinajstić information content (AvgIpc) is 3.07. The number of fused-ring (bicyclic) bond motifs is 3. The third-order valence-electron chi connectivity index (χ3n) is 7.12. The molecule has 1 aromatic carbocycles. The first-order chi connectivity index (χ1) is 16.8. The van der Waals surface area contributed by atoms with Gasteiger partial charge in [-0.2, -0.15) is 13.2 Å². The largest absolute Gasteiger partial charge is 0.417 e. The number of nitrogens with zero attached hydrogens (tertiary/aromatic N) is 1. The van der Waals surface area contributed by atoms with Gasteiger partial charge in [0.1, 0.15) is 0 Å². The minimum atomic E-state index is -4.60. The van der Waals surface area contributed by atoms with Gasteiger partial charge in [0.25, 0.3) is 0 Å². The van der Waals surface area contributed by atoms with E-state index in [0.29, 0.717) is 11.5 Å². The van der Waals surface area contributed by atoms with Crippen molar-refractivity contribution in [2.45, 2.75) is 90.6 Å². The molecule has 0 amide bonds. The smallest absolute Gasteiger partial charge is 0.353 e. The molecule has 0 radical (unpaired) electrons. The van der Waals surface area contributed by atoms with Crippen LogP contribution in [0.15, 0.2) is 23.0 Å². The first kappa shape index (κ1) is 25.8. The average molecular weight is 493 g/mol. The van der Waals surface area contributed by atoms with Crippen LogP contribution in [0.1, 0.15) is 74.6 Å². The van der Waals surface area contributed by atoms with Gasteiger partial charge in [-0.1, -0.05) is 25.7 Å². The van der Waals surface area contributed by atoms with Gasteiger partial charge in [-0.3, -0.25) is 4.79 Å². The number of rotatable bonds is 10. The summed E-state index contributed by atoms with van der Waals surface area (Å²) in [5, 5.41) is 0.653. The standard InChI is InChI=1S/C27H35F3N2O3/c1-18-19(2)32(14-8-5-3-4-6-9-15-34-24-11-7-10-16-35-24)22-13-12-21-26(25(18)22)20(27(28,29)30)17-23(33)31-21/h12-13,17,24H,3-11,14-16H2,1-2H3,(H,31,33). The highest BCUT2D eigenvalue weighted by Gasteiger charge is 2.34. The Balaban J connectivity index is 1.35. The summed E-state index contributed by atoms with van der Waals surface area (Å²) in [5.74, 6) is 0. The van der Waals surface area contributed by atoms with Gasteiger partial charge in [-0.25, -0.2) is 0 Å². The van der Waals surface area contributed by atoms with Crippen molar-refractivity contribution in [1.82, 2.24) is 9.55 Å². The van der Waals surface area contributed by atoms with Crippen molar-refractivity contribution in [3.05, 3.63) is 45.4 Å². The number of hydrogen-bond acceptors (Lipinski definition) is 3. The fraction of sp³-hybridized carbons (Fsp3) is 0.593. The number of aromatic nitrogens is 2. The molecule has 8 heteroatoms. The van der Waals surface area contributed by atoms with Gasteiger partial charge in [-0.15, -0.1) is 0 Å². The van der Waals surface area contributed by atoms with E-state index in [-0.39, 0.29) is 17.2 Å². The Morgan fingerprint density at radius 2 is 1.80 bits per heavy atom. The van der Waals surface area contributed by atoms with Gasteiger partial charge in [0.05, 0.1) is 5.56 Å². The second kappa shape index (κ2) is 11.2. The maximum Gasteiger partial charge on any atom is 0.417 e. The van der Waals surface area contributed by atoms with Crippen molar-refractivity contribution in [2.75, 3.05) is 13.2 Å². The summed E-state index contributed by atoms with van der Waals surface area (Å²) in [6.45, 7) is 6.13. The van der Waals surface area contributed by atoms with Crippen molar-refractivity contribution in [2.24, 2.45) is 0 Å². The SMILES string of the molecule is Cc1c(C)n(CCCCCCCCOC2CCCCO2)c2ccc3[nH]c(=O)cc(C(F)(F)F)c3c12. The molecule has 1 unspecified atom stereocenters. The molecule has 3 heterocycles. The monoisotopic (exact) mass is 492 g/mol. The Labute approximate surface area is 203 Å². The normalized spacial score (nSPS) is 17.0. The van der Waals surface area contributed by atoms with Crippen molar-refractivity contribution in [3.63, 3.8) is 0 Å². The number of aromatic amines is 1. The van der Waals surface area contributed by atoms with Gasteiger partial charge >= 0.3 is 6.18 Å². The van der Waals surface area contributed by atoms with E-state index < -0.39 is 17.3 Å². The predicted molar refractivity (Wildman–Crippen MR) is 132 cm³/mol. The second-order valence-corrected chi connectivity index (χ2v) is 9.58. The van der Waals surface area contributed by atoms with E-state index in [2.05, 4.69) is 9.55 Å². The highest BCUT2D eigenvalue weighted by atomic mass is 19.4. The molecule has 1 fully saturated rings. The number of H-pyrrole nitrogens is 1. The van der Waals surface area contributed by atoms with Crippen LogP contribution in [-0.2, 0) is 22.2 Å². The van der Waals surface area contributed by atoms with E-state index in [1.165, 1.54) is 6.42 Å². The van der Waals surface area contributed by atoms with E-state index in [0.717, 1.165) is 87.9 Å². The molecule has 1 aliphatic heterocycles. The van der Waals surface area contributed by atoms with E-state index in [1.807, 2.05) is 19.9 Å². The molecule has 5 nitrogen and oxygen atoms in total. The molecule has 192 valence electrons. The van der Waals surface area contributed by atoms with Crippen LogP contribution in [0.25, 0.3) is 21.8 Å². The highest BCUT2D eigenvalue weighted by molar-refractivity contribution is 6.09. The number of benzene rings is 1. The van der Waals surface area contributed by atoms with Gasteiger partial charge in [0.2, 0.25) is 5.56 Å². The Hall–Kier alpha value is -2.32. The maximum atomic E-state index is 13.8. The zero-order valence-corrected chi connectivity index (χ0v) is 20.6. The molecule has 3 aromatic rings. The van der Waals surface area contributed by atoms with Crippen LogP contribution in [0.4, 0.5) is 13.2 Å². The lowest BCUT2D eigenvalue weighted by Crippen LogP contribution is -2.22. The van der Waals surface area contributed by atoms with Crippen LogP contribution in [0.3, 0.4) is 0 Å². The summed E-state index contributed by atoms with van der Waals surface area (Å²) in [4.78, 5) is 14.4. The van der Waals surface area contributed by atoms with Crippen LogP contribution in [0.2, 0.25) is 0 Å². The molecule has 0 spiro atoms. The molecule has 1 atom stereocenters. The zero-order valence-electron chi connectivity index (χ0n) is 20.6. The molecule has 2 aromatic heterocycles. The van der Waals surface area contributed by atoms with Gasteiger partial charge in [-0.05, 0) is 63.6 Å². The first-order valence-electron chi connectivity index (χ1n) is 12.7. The van der Waals surface area contributed by atoms with E-state index in [1.54, 1.807) is 6.07 Å². The summed E-state index contributed by atoms with van der Waals surface area (Å²) in [5.41, 5.74) is 1.18. The summed E-state index contributed by atoms with van der Waals surface area (Å²) in [7, 11) is 0. The van der Waals surface area contributed by atoms with Crippen LogP contribution in [0.5, 0.6) is 0 Å². The van der Waals surface area contributed by atoms with Crippen molar-refractivity contribution in [3.8, 4) is 0 Å². The van der Waals surface area contributed by atoms with E-state index >= 15 is 0 Å². The predicted octanol–water partition coefficient (Wildman–Crippen LogP) is 7.00. The quantitative estimate of drug-likeness (QED) is 0.310. The van der Waals surface area contributed by atoms with E-state index in [4.69, 9.17) is 9.47 Å².